The van der Waals surface area contributed by atoms with Crippen molar-refractivity contribution in [3.05, 3.63) is 51.9 Å². The van der Waals surface area contributed by atoms with E-state index in [1.165, 1.54) is 15.9 Å². The number of fused-ring (bicyclic) bond motifs is 1. The smallest absolute Gasteiger partial charge is 0.319 e. The summed E-state index contributed by atoms with van der Waals surface area (Å²) in [7, 11) is 3.42. The van der Waals surface area contributed by atoms with Gasteiger partial charge in [0.05, 0.1) is 22.3 Å². The fourth-order valence-corrected chi connectivity index (χ4v) is 4.66. The highest BCUT2D eigenvalue weighted by molar-refractivity contribution is 7.13. The molecular weight excluding hydrogens is 478 g/mol. The lowest BCUT2D eigenvalue weighted by Crippen LogP contribution is -2.32. The van der Waals surface area contributed by atoms with Gasteiger partial charge in [0.1, 0.15) is 17.2 Å². The minimum absolute atomic E-state index is 0.0803. The Morgan fingerprint density at radius 2 is 1.97 bits per heavy atom. The van der Waals surface area contributed by atoms with Crippen molar-refractivity contribution in [1.29, 1.82) is 0 Å². The van der Waals surface area contributed by atoms with E-state index in [9.17, 15) is 9.59 Å². The molecule has 0 aromatic carbocycles. The molecule has 0 aliphatic heterocycles. The number of hydrogen-bond donors (Lipinski definition) is 3. The topological polar surface area (TPSA) is 140 Å². The number of carbonyl (C=O) groups is 1. The van der Waals surface area contributed by atoms with Crippen LogP contribution in [0.25, 0.3) is 21.6 Å². The van der Waals surface area contributed by atoms with Gasteiger partial charge in [-0.05, 0) is 12.5 Å². The second kappa shape index (κ2) is 8.94. The average Bonchev–Trinajstić information content (AvgIpc) is 3.36. The SMILES string of the molecule is CNc1ncc2cc(C3CC3NC(=O)Nc3cnc(C(C)(C)C)nc3-c3cncs3)c(=O)n(C)c2n1. The summed E-state index contributed by atoms with van der Waals surface area (Å²) in [5.74, 6) is 1.05. The molecule has 1 fully saturated rings. The number of urea groups is 1. The Labute approximate surface area is 211 Å². The minimum Gasteiger partial charge on any atom is -0.357 e. The molecule has 1 aliphatic rings. The number of nitrogens with one attached hydrogen (secondary N) is 3. The third kappa shape index (κ3) is 4.51. The number of nitrogens with zero attached hydrogens (tertiary/aromatic N) is 6. The van der Waals surface area contributed by atoms with Crippen LogP contribution in [0.1, 0.15) is 44.5 Å². The number of thiazole rings is 1. The molecule has 4 aromatic rings. The molecule has 1 saturated carbocycles. The highest BCUT2D eigenvalue weighted by Gasteiger charge is 2.41. The Morgan fingerprint density at radius 3 is 2.67 bits per heavy atom. The molecular formula is C24H27N9O2S. The number of amides is 2. The predicted molar refractivity (Wildman–Crippen MR) is 139 cm³/mol. The third-order valence-electron chi connectivity index (χ3n) is 6.08. The van der Waals surface area contributed by atoms with Crippen LogP contribution < -0.4 is 21.5 Å². The van der Waals surface area contributed by atoms with Crippen LogP contribution in [0, 0.1) is 0 Å². The molecule has 0 bridgehead atoms. The maximum atomic E-state index is 13.0. The largest absolute Gasteiger partial charge is 0.357 e. The van der Waals surface area contributed by atoms with Gasteiger partial charge in [-0.15, -0.1) is 11.3 Å². The zero-order chi connectivity index (χ0) is 25.6. The number of aromatic nitrogens is 6. The van der Waals surface area contributed by atoms with E-state index in [4.69, 9.17) is 4.98 Å². The second-order valence-corrected chi connectivity index (χ2v) is 10.7. The first-order chi connectivity index (χ1) is 17.2. The van der Waals surface area contributed by atoms with Crippen LogP contribution in [0.4, 0.5) is 16.4 Å². The lowest BCUT2D eigenvalue weighted by atomic mass is 9.95. The van der Waals surface area contributed by atoms with Crippen LogP contribution in [-0.2, 0) is 12.5 Å². The minimum atomic E-state index is -0.375. The first-order valence-electron chi connectivity index (χ1n) is 11.5. The molecule has 0 saturated heterocycles. The number of hydrogen-bond acceptors (Lipinski definition) is 9. The summed E-state index contributed by atoms with van der Waals surface area (Å²) in [5.41, 5.74) is 3.68. The molecule has 2 amide bonds. The van der Waals surface area contributed by atoms with Crippen molar-refractivity contribution in [2.24, 2.45) is 7.05 Å². The van der Waals surface area contributed by atoms with Gasteiger partial charge in [-0.3, -0.25) is 14.3 Å². The second-order valence-electron chi connectivity index (χ2n) is 9.81. The normalized spacial score (nSPS) is 17.1. The molecule has 11 nitrogen and oxygen atoms in total. The number of anilines is 2. The molecule has 12 heteroatoms. The Bertz CT molecular complexity index is 1510. The van der Waals surface area contributed by atoms with E-state index in [0.29, 0.717) is 40.8 Å². The van der Waals surface area contributed by atoms with Crippen LogP contribution >= 0.6 is 11.3 Å². The van der Waals surface area contributed by atoms with E-state index in [-0.39, 0.29) is 29.0 Å². The van der Waals surface area contributed by atoms with E-state index in [2.05, 4.69) is 35.9 Å². The Hall–Kier alpha value is -3.93. The molecule has 5 rings (SSSR count). The van der Waals surface area contributed by atoms with Gasteiger partial charge in [-0.25, -0.2) is 19.7 Å². The maximum Gasteiger partial charge on any atom is 0.319 e. The molecule has 0 spiro atoms. The van der Waals surface area contributed by atoms with Crippen molar-refractivity contribution in [3.8, 4) is 10.6 Å². The van der Waals surface area contributed by atoms with Crippen LogP contribution in [0.15, 0.2) is 35.0 Å². The molecule has 3 N–H and O–H groups in total. The van der Waals surface area contributed by atoms with Crippen molar-refractivity contribution in [2.75, 3.05) is 17.7 Å². The van der Waals surface area contributed by atoms with Gasteiger partial charge in [0, 0.05) is 54.8 Å². The number of rotatable bonds is 5. The number of carbonyl (C=O) groups excluding carboxylic acids is 1. The quantitative estimate of drug-likeness (QED) is 0.376. The fourth-order valence-electron chi connectivity index (χ4n) is 4.04. The van der Waals surface area contributed by atoms with Crippen molar-refractivity contribution in [3.63, 3.8) is 0 Å². The summed E-state index contributed by atoms with van der Waals surface area (Å²) in [4.78, 5) is 48.7. The van der Waals surface area contributed by atoms with E-state index in [1.54, 1.807) is 38.2 Å². The number of pyridine rings is 1. The van der Waals surface area contributed by atoms with E-state index in [1.807, 2.05) is 26.8 Å². The van der Waals surface area contributed by atoms with Crippen LogP contribution in [-0.4, -0.2) is 48.6 Å². The summed E-state index contributed by atoms with van der Waals surface area (Å²) in [6, 6.07) is 1.29. The summed E-state index contributed by atoms with van der Waals surface area (Å²) >= 11 is 1.44. The Morgan fingerprint density at radius 1 is 1.17 bits per heavy atom. The molecule has 1 aliphatic carbocycles. The van der Waals surface area contributed by atoms with Gasteiger partial charge in [0.25, 0.3) is 5.56 Å². The predicted octanol–water partition coefficient (Wildman–Crippen LogP) is 3.26. The van der Waals surface area contributed by atoms with E-state index >= 15 is 0 Å². The van der Waals surface area contributed by atoms with Gasteiger partial charge in [-0.1, -0.05) is 20.8 Å². The molecule has 36 heavy (non-hydrogen) atoms. The zero-order valence-corrected chi connectivity index (χ0v) is 21.5. The molecule has 2 unspecified atom stereocenters. The van der Waals surface area contributed by atoms with E-state index < -0.39 is 0 Å². The maximum absolute atomic E-state index is 13.0. The van der Waals surface area contributed by atoms with Crippen molar-refractivity contribution >= 4 is 40.0 Å². The molecule has 4 heterocycles. The summed E-state index contributed by atoms with van der Waals surface area (Å²) < 4.78 is 1.53. The van der Waals surface area contributed by atoms with Crippen LogP contribution in [0.3, 0.4) is 0 Å². The van der Waals surface area contributed by atoms with Crippen LogP contribution in [0.2, 0.25) is 0 Å². The third-order valence-corrected chi connectivity index (χ3v) is 6.86. The van der Waals surface area contributed by atoms with E-state index in [0.717, 1.165) is 10.3 Å². The Balaban J connectivity index is 1.34. The summed E-state index contributed by atoms with van der Waals surface area (Å²) in [6.07, 6.45) is 5.71. The molecule has 186 valence electrons. The highest BCUT2D eigenvalue weighted by atomic mass is 32.1. The zero-order valence-electron chi connectivity index (χ0n) is 20.7. The highest BCUT2D eigenvalue weighted by Crippen LogP contribution is 2.40. The Kier molecular flexibility index (Phi) is 5.91. The van der Waals surface area contributed by atoms with Crippen molar-refractivity contribution in [2.45, 2.75) is 44.6 Å². The summed E-state index contributed by atoms with van der Waals surface area (Å²) in [6.45, 7) is 6.11. The van der Waals surface area contributed by atoms with Gasteiger partial charge in [0.15, 0.2) is 0 Å². The first-order valence-corrected chi connectivity index (χ1v) is 12.4. The van der Waals surface area contributed by atoms with Gasteiger partial charge in [-0.2, -0.15) is 4.98 Å². The lowest BCUT2D eigenvalue weighted by molar-refractivity contribution is 0.251. The van der Waals surface area contributed by atoms with Gasteiger partial charge in [0.2, 0.25) is 5.95 Å². The van der Waals surface area contributed by atoms with Gasteiger partial charge < -0.3 is 16.0 Å². The number of aryl methyl sites for hydroxylation is 1. The molecule has 4 aromatic heterocycles. The molecule has 2 atom stereocenters. The molecule has 0 radical (unpaired) electrons. The lowest BCUT2D eigenvalue weighted by Gasteiger charge is -2.18. The van der Waals surface area contributed by atoms with Crippen LogP contribution in [0.5, 0.6) is 0 Å². The standard InChI is InChI=1S/C24H27N9O2S/c1-24(2,3)21-27-9-16(18(31-21)17-10-26-11-36-17)30-23(35)29-15-7-13(15)14-6-12-8-28-22(25-4)32-19(12)33(5)20(14)34/h6,8-11,13,15H,7H2,1-5H3,(H,25,28,32)(H2,29,30,35). The van der Waals surface area contributed by atoms with Crippen molar-refractivity contribution < 1.29 is 4.79 Å². The van der Waals surface area contributed by atoms with Crippen molar-refractivity contribution in [1.82, 2.24) is 34.8 Å². The monoisotopic (exact) mass is 505 g/mol. The summed E-state index contributed by atoms with van der Waals surface area (Å²) in [5, 5.41) is 9.51. The average molecular weight is 506 g/mol. The van der Waals surface area contributed by atoms with Gasteiger partial charge >= 0.3 is 6.03 Å². The first kappa shape index (κ1) is 23.8. The fraction of sp³-hybridized carbons (Fsp3) is 0.375.